The van der Waals surface area contributed by atoms with Gasteiger partial charge in [0.2, 0.25) is 5.91 Å². The second-order valence-electron chi connectivity index (χ2n) is 10.7. The molecule has 9 heteroatoms. The van der Waals surface area contributed by atoms with Crippen LogP contribution >= 0.6 is 0 Å². The number of rotatable bonds is 9. The van der Waals surface area contributed by atoms with Gasteiger partial charge in [-0.3, -0.25) is 10.1 Å². The molecule has 0 radical (unpaired) electrons. The Morgan fingerprint density at radius 3 is 2.18 bits per heavy atom. The van der Waals surface area contributed by atoms with Crippen LogP contribution in [-0.2, 0) is 17.8 Å². The van der Waals surface area contributed by atoms with Crippen molar-refractivity contribution in [3.8, 4) is 28.4 Å². The van der Waals surface area contributed by atoms with Crippen molar-refractivity contribution in [1.82, 2.24) is 15.6 Å². The van der Waals surface area contributed by atoms with E-state index in [1.54, 1.807) is 51.7 Å². The highest BCUT2D eigenvalue weighted by Gasteiger charge is 2.34. The number of carboxylic acid groups (broad SMARTS) is 1. The van der Waals surface area contributed by atoms with E-state index in [-0.39, 0.29) is 24.1 Å². The number of nitrogens with one attached hydrogen (secondary N) is 3. The van der Waals surface area contributed by atoms with Gasteiger partial charge in [0, 0.05) is 28.7 Å². The summed E-state index contributed by atoms with van der Waals surface area (Å²) in [6, 6.07) is 26.0. The number of benzene rings is 4. The van der Waals surface area contributed by atoms with Crippen molar-refractivity contribution in [1.29, 1.82) is 0 Å². The number of methoxy groups -OCH3 is 3. The van der Waals surface area contributed by atoms with Gasteiger partial charge in [-0.25, -0.2) is 4.79 Å². The quantitative estimate of drug-likeness (QED) is 0.179. The van der Waals surface area contributed by atoms with E-state index in [4.69, 9.17) is 14.2 Å². The fourth-order valence-electron chi connectivity index (χ4n) is 5.90. The number of carbonyl (C=O) groups is 2. The van der Waals surface area contributed by atoms with Crippen LogP contribution in [0.2, 0.25) is 0 Å². The van der Waals surface area contributed by atoms with Crippen LogP contribution in [0, 0.1) is 0 Å². The topological polar surface area (TPSA) is 122 Å². The molecule has 4 N–H and O–H groups in total. The van der Waals surface area contributed by atoms with Crippen LogP contribution in [0.3, 0.4) is 0 Å². The van der Waals surface area contributed by atoms with Crippen LogP contribution in [0.1, 0.15) is 38.8 Å². The number of fused-ring (bicyclic) bond motifs is 3. The fourth-order valence-corrected chi connectivity index (χ4v) is 5.90. The maximum atomic E-state index is 13.8. The minimum Gasteiger partial charge on any atom is -0.496 e. The highest BCUT2D eigenvalue weighted by atomic mass is 16.5. The van der Waals surface area contributed by atoms with Gasteiger partial charge in [-0.1, -0.05) is 54.6 Å². The van der Waals surface area contributed by atoms with Crippen LogP contribution in [0.5, 0.6) is 17.2 Å². The van der Waals surface area contributed by atoms with Gasteiger partial charge in [-0.15, -0.1) is 0 Å². The molecule has 0 saturated carbocycles. The van der Waals surface area contributed by atoms with Crippen LogP contribution in [0.15, 0.2) is 84.9 Å². The van der Waals surface area contributed by atoms with Crippen molar-refractivity contribution < 1.29 is 28.9 Å². The Balaban J connectivity index is 1.34. The highest BCUT2D eigenvalue weighted by molar-refractivity contribution is 5.96. The van der Waals surface area contributed by atoms with E-state index in [1.165, 1.54) is 0 Å². The average molecular weight is 592 g/mol. The van der Waals surface area contributed by atoms with Crippen molar-refractivity contribution >= 4 is 22.8 Å². The third-order valence-electron chi connectivity index (χ3n) is 8.17. The van der Waals surface area contributed by atoms with Crippen molar-refractivity contribution in [3.63, 3.8) is 0 Å². The van der Waals surface area contributed by atoms with Crippen LogP contribution in [0.25, 0.3) is 22.0 Å². The lowest BCUT2D eigenvalue weighted by atomic mass is 9.89. The van der Waals surface area contributed by atoms with Gasteiger partial charge in [-0.05, 0) is 46.9 Å². The van der Waals surface area contributed by atoms with E-state index >= 15 is 0 Å². The summed E-state index contributed by atoms with van der Waals surface area (Å²) < 4.78 is 16.5. The van der Waals surface area contributed by atoms with E-state index in [9.17, 15) is 14.7 Å². The molecule has 1 aliphatic heterocycles. The number of ether oxygens (including phenoxy) is 3. The summed E-state index contributed by atoms with van der Waals surface area (Å²) in [7, 11) is 4.67. The maximum Gasteiger partial charge on any atom is 0.335 e. The first kappa shape index (κ1) is 28.8. The maximum absolute atomic E-state index is 13.8. The lowest BCUT2D eigenvalue weighted by molar-refractivity contribution is -0.123. The van der Waals surface area contributed by atoms with Crippen LogP contribution in [-0.4, -0.2) is 49.3 Å². The van der Waals surface area contributed by atoms with Crippen LogP contribution < -0.4 is 24.8 Å². The normalized spacial score (nSPS) is 15.8. The predicted octanol–water partition coefficient (Wildman–Crippen LogP) is 5.48. The Hall–Kier alpha value is -5.28. The van der Waals surface area contributed by atoms with Crippen molar-refractivity contribution in [3.05, 3.63) is 113 Å². The summed E-state index contributed by atoms with van der Waals surface area (Å²) in [6.07, 6.45) is 0.375. The van der Waals surface area contributed by atoms with Gasteiger partial charge in [0.25, 0.3) is 0 Å². The first-order chi connectivity index (χ1) is 21.4. The van der Waals surface area contributed by atoms with Gasteiger partial charge >= 0.3 is 5.97 Å². The molecule has 5 aromatic rings. The number of carboxylic acids is 1. The third kappa shape index (κ3) is 5.45. The number of H-pyrrole nitrogens is 1. The second-order valence-corrected chi connectivity index (χ2v) is 10.7. The molecule has 2 atom stereocenters. The van der Waals surface area contributed by atoms with E-state index in [1.807, 2.05) is 18.2 Å². The molecule has 4 aromatic carbocycles. The van der Waals surface area contributed by atoms with E-state index < -0.39 is 12.0 Å². The largest absolute Gasteiger partial charge is 0.496 e. The zero-order valence-electron chi connectivity index (χ0n) is 24.6. The summed E-state index contributed by atoms with van der Waals surface area (Å²) in [6.45, 7) is 0.174. The van der Waals surface area contributed by atoms with Gasteiger partial charge in [0.05, 0.1) is 51.1 Å². The van der Waals surface area contributed by atoms with E-state index in [2.05, 4.69) is 52.0 Å². The van der Waals surface area contributed by atoms with Crippen molar-refractivity contribution in [2.75, 3.05) is 21.3 Å². The van der Waals surface area contributed by atoms with Gasteiger partial charge in [-0.2, -0.15) is 0 Å². The first-order valence-corrected chi connectivity index (χ1v) is 14.3. The Morgan fingerprint density at radius 2 is 1.55 bits per heavy atom. The highest BCUT2D eigenvalue weighted by Crippen LogP contribution is 2.37. The Morgan fingerprint density at radius 1 is 0.864 bits per heavy atom. The minimum absolute atomic E-state index is 0.174. The molecular formula is C35H33N3O6. The van der Waals surface area contributed by atoms with Gasteiger partial charge < -0.3 is 29.6 Å². The summed E-state index contributed by atoms with van der Waals surface area (Å²) in [5, 5.41) is 17.1. The molecule has 1 aromatic heterocycles. The summed E-state index contributed by atoms with van der Waals surface area (Å²) in [5.74, 6) is 0.450. The third-order valence-corrected chi connectivity index (χ3v) is 8.17. The molecule has 6 rings (SSSR count). The minimum atomic E-state index is -1.000. The first-order valence-electron chi connectivity index (χ1n) is 14.3. The molecule has 44 heavy (non-hydrogen) atoms. The number of aromatic nitrogens is 1. The molecule has 0 saturated heterocycles. The molecule has 1 aliphatic rings. The zero-order chi connectivity index (χ0) is 30.8. The van der Waals surface area contributed by atoms with Crippen molar-refractivity contribution in [2.45, 2.75) is 25.0 Å². The summed E-state index contributed by atoms with van der Waals surface area (Å²) in [4.78, 5) is 29.1. The average Bonchev–Trinajstić information content (AvgIpc) is 3.44. The predicted molar refractivity (Wildman–Crippen MR) is 168 cm³/mol. The summed E-state index contributed by atoms with van der Waals surface area (Å²) in [5.41, 5.74) is 6.72. The number of aromatic amines is 1. The van der Waals surface area contributed by atoms with E-state index in [0.717, 1.165) is 38.9 Å². The van der Waals surface area contributed by atoms with E-state index in [0.29, 0.717) is 29.2 Å². The molecule has 0 aliphatic carbocycles. The molecule has 224 valence electrons. The molecule has 0 bridgehead atoms. The lowest BCUT2D eigenvalue weighted by Gasteiger charge is -2.31. The molecule has 0 fully saturated rings. The SMILES string of the molecule is COc1cc(OC)c(CNC(=O)C2Cc3c([nH]c4ccc(C(=O)O)cc34)C(c3ccc(-c4ccccc4)cc3)N2)c(OC)c1. The standard InChI is InChI=1S/C35H33N3O6/c1-42-24-16-30(43-2)27(31(17-24)44-3)19-36-34(39)29-18-26-25-15-23(35(40)41)13-14-28(25)37-33(26)32(38-29)22-11-9-21(10-12-22)20-7-5-4-6-8-20/h4-17,29,32,37-38H,18-19H2,1-3H3,(H,36,39)(H,40,41). The fraction of sp³-hybridized carbons (Fsp3) is 0.200. The monoisotopic (exact) mass is 591 g/mol. The Bertz CT molecular complexity index is 1810. The summed E-state index contributed by atoms with van der Waals surface area (Å²) >= 11 is 0. The molecule has 9 nitrogen and oxygen atoms in total. The molecule has 2 heterocycles. The number of amides is 1. The smallest absolute Gasteiger partial charge is 0.335 e. The Kier molecular flexibility index (Phi) is 7.95. The molecule has 1 amide bonds. The van der Waals surface area contributed by atoms with Gasteiger partial charge in [0.15, 0.2) is 0 Å². The van der Waals surface area contributed by atoms with Gasteiger partial charge in [0.1, 0.15) is 17.2 Å². The molecule has 0 spiro atoms. The number of aromatic carboxylic acids is 1. The Labute approximate surface area is 254 Å². The van der Waals surface area contributed by atoms with Crippen molar-refractivity contribution in [2.24, 2.45) is 0 Å². The number of hydrogen-bond donors (Lipinski definition) is 4. The number of hydrogen-bond acceptors (Lipinski definition) is 6. The second kappa shape index (κ2) is 12.1. The number of carbonyl (C=O) groups excluding carboxylic acids is 1. The molecular weight excluding hydrogens is 558 g/mol. The lowest BCUT2D eigenvalue weighted by Crippen LogP contribution is -2.49. The van der Waals surface area contributed by atoms with Crippen LogP contribution in [0.4, 0.5) is 0 Å². The zero-order valence-corrected chi connectivity index (χ0v) is 24.6. The molecule has 2 unspecified atom stereocenters.